The molecule has 17 heavy (non-hydrogen) atoms. The Morgan fingerprint density at radius 3 is 3.12 bits per heavy atom. The lowest BCUT2D eigenvalue weighted by molar-refractivity contribution is 0.629. The second-order valence-corrected chi connectivity index (χ2v) is 4.99. The Balaban J connectivity index is 2.25. The van der Waals surface area contributed by atoms with Gasteiger partial charge in [-0.1, -0.05) is 5.92 Å². The normalized spacial score (nSPS) is 10.6. The molecule has 0 saturated heterocycles. The van der Waals surface area contributed by atoms with Crippen LogP contribution in [-0.2, 0) is 6.54 Å². The molecule has 0 spiro atoms. The first-order chi connectivity index (χ1) is 8.22. The van der Waals surface area contributed by atoms with Crippen molar-refractivity contribution in [2.45, 2.75) is 6.54 Å². The van der Waals surface area contributed by atoms with E-state index in [4.69, 9.17) is 18.6 Å². The van der Waals surface area contributed by atoms with Crippen molar-refractivity contribution in [1.82, 2.24) is 9.55 Å². The van der Waals surface area contributed by atoms with E-state index in [1.54, 1.807) is 17.8 Å². The summed E-state index contributed by atoms with van der Waals surface area (Å²) in [6.45, 7) is 0.775. The Morgan fingerprint density at radius 2 is 2.35 bits per heavy atom. The van der Waals surface area contributed by atoms with Gasteiger partial charge < -0.3 is 9.55 Å². The molecule has 0 unspecified atom stereocenters. The third-order valence-electron chi connectivity index (χ3n) is 2.38. The second kappa shape index (κ2) is 5.39. The number of aryl methyl sites for hydroxylation is 1. The van der Waals surface area contributed by atoms with E-state index < -0.39 is 0 Å². The van der Waals surface area contributed by atoms with Crippen LogP contribution < -0.4 is 0 Å². The van der Waals surface area contributed by atoms with E-state index in [1.165, 1.54) is 12.1 Å². The summed E-state index contributed by atoms with van der Waals surface area (Å²) in [5.41, 5.74) is 1.66. The van der Waals surface area contributed by atoms with Crippen molar-refractivity contribution >= 4 is 35.0 Å². The van der Waals surface area contributed by atoms with Crippen LogP contribution in [0.15, 0.2) is 18.2 Å². The molecule has 2 rings (SSSR count). The molecule has 0 bridgehead atoms. The number of terminal acetylenes is 1. The van der Waals surface area contributed by atoms with E-state index in [2.05, 4.69) is 10.9 Å². The van der Waals surface area contributed by atoms with E-state index in [0.717, 1.165) is 23.3 Å². The SMILES string of the molecule is C#CCSCCn1c(=S)[nH]c2cc(F)ccc21. The first-order valence-corrected chi connectivity index (χ1v) is 6.68. The Morgan fingerprint density at radius 1 is 1.53 bits per heavy atom. The van der Waals surface area contributed by atoms with Crippen LogP contribution in [0.2, 0.25) is 0 Å². The van der Waals surface area contributed by atoms with E-state index in [-0.39, 0.29) is 5.82 Å². The zero-order valence-corrected chi connectivity index (χ0v) is 10.7. The fraction of sp³-hybridized carbons (Fsp3) is 0.250. The van der Waals surface area contributed by atoms with Gasteiger partial charge in [0, 0.05) is 12.3 Å². The van der Waals surface area contributed by atoms with E-state index in [1.807, 2.05) is 4.57 Å². The number of aromatic nitrogens is 2. The molecule has 2 aromatic rings. The predicted octanol–water partition coefficient (Wildman–Crippen LogP) is 3.20. The lowest BCUT2D eigenvalue weighted by Crippen LogP contribution is -2.00. The molecule has 0 aliphatic rings. The van der Waals surface area contributed by atoms with Crippen LogP contribution >= 0.6 is 24.0 Å². The van der Waals surface area contributed by atoms with Gasteiger partial charge >= 0.3 is 0 Å². The number of thioether (sulfide) groups is 1. The predicted molar refractivity (Wildman–Crippen MR) is 73.2 cm³/mol. The third kappa shape index (κ3) is 2.71. The molecule has 2 nitrogen and oxygen atoms in total. The highest BCUT2D eigenvalue weighted by molar-refractivity contribution is 7.99. The molecule has 0 aliphatic carbocycles. The summed E-state index contributed by atoms with van der Waals surface area (Å²) in [4.78, 5) is 3.00. The topological polar surface area (TPSA) is 20.7 Å². The van der Waals surface area contributed by atoms with Gasteiger partial charge in [0.2, 0.25) is 0 Å². The Kier molecular flexibility index (Phi) is 3.87. The van der Waals surface area contributed by atoms with Gasteiger partial charge in [-0.3, -0.25) is 0 Å². The molecular weight excluding hydrogens is 255 g/mol. The zero-order chi connectivity index (χ0) is 12.3. The number of fused-ring (bicyclic) bond motifs is 1. The van der Waals surface area contributed by atoms with Gasteiger partial charge in [0.1, 0.15) is 5.82 Å². The summed E-state index contributed by atoms with van der Waals surface area (Å²) in [5, 5.41) is 0. The van der Waals surface area contributed by atoms with Gasteiger partial charge in [0.05, 0.1) is 16.8 Å². The summed E-state index contributed by atoms with van der Waals surface area (Å²) in [7, 11) is 0. The molecule has 0 radical (unpaired) electrons. The summed E-state index contributed by atoms with van der Waals surface area (Å²) < 4.78 is 15.6. The standard InChI is InChI=1S/C12H11FN2S2/c1-2-6-17-7-5-15-11-4-3-9(13)8-10(11)14-12(15)16/h1,3-4,8H,5-7H2,(H,14,16). The van der Waals surface area contributed by atoms with Crippen LogP contribution in [0, 0.1) is 22.9 Å². The lowest BCUT2D eigenvalue weighted by Gasteiger charge is -2.03. The third-order valence-corrected chi connectivity index (χ3v) is 3.55. The van der Waals surface area contributed by atoms with Crippen molar-refractivity contribution in [3.8, 4) is 12.3 Å². The first-order valence-electron chi connectivity index (χ1n) is 5.11. The number of H-pyrrole nitrogens is 1. The second-order valence-electron chi connectivity index (χ2n) is 3.50. The monoisotopic (exact) mass is 266 g/mol. The van der Waals surface area contributed by atoms with Gasteiger partial charge in [-0.25, -0.2) is 4.39 Å². The molecule has 1 aromatic carbocycles. The number of rotatable bonds is 4. The summed E-state index contributed by atoms with van der Waals surface area (Å²) in [6.07, 6.45) is 5.18. The van der Waals surface area contributed by atoms with Crippen molar-refractivity contribution in [2.75, 3.05) is 11.5 Å². The number of hydrogen-bond donors (Lipinski definition) is 1. The van der Waals surface area contributed by atoms with E-state index >= 15 is 0 Å². The molecule has 0 amide bonds. The summed E-state index contributed by atoms with van der Waals surface area (Å²) in [6, 6.07) is 4.63. The number of nitrogens with zero attached hydrogens (tertiary/aromatic N) is 1. The molecule has 0 atom stereocenters. The fourth-order valence-electron chi connectivity index (χ4n) is 1.64. The zero-order valence-electron chi connectivity index (χ0n) is 9.07. The minimum absolute atomic E-state index is 0.261. The molecule has 1 aromatic heterocycles. The van der Waals surface area contributed by atoms with Gasteiger partial charge in [-0.05, 0) is 30.4 Å². The maximum atomic E-state index is 13.0. The number of aromatic amines is 1. The minimum atomic E-state index is -0.261. The first kappa shape index (κ1) is 12.2. The average molecular weight is 266 g/mol. The van der Waals surface area contributed by atoms with Crippen LogP contribution in [0.4, 0.5) is 4.39 Å². The highest BCUT2D eigenvalue weighted by atomic mass is 32.2. The molecule has 1 heterocycles. The number of nitrogens with one attached hydrogen (secondary N) is 1. The van der Waals surface area contributed by atoms with Crippen LogP contribution in [0.5, 0.6) is 0 Å². The maximum absolute atomic E-state index is 13.0. The van der Waals surface area contributed by atoms with Crippen LogP contribution in [0.25, 0.3) is 11.0 Å². The van der Waals surface area contributed by atoms with E-state index in [9.17, 15) is 4.39 Å². The molecule has 0 aliphatic heterocycles. The van der Waals surface area contributed by atoms with Crippen LogP contribution in [0.3, 0.4) is 0 Å². The van der Waals surface area contributed by atoms with Gasteiger partial charge in [-0.2, -0.15) is 0 Å². The van der Waals surface area contributed by atoms with Crippen molar-refractivity contribution in [3.05, 3.63) is 28.8 Å². The van der Waals surface area contributed by atoms with Crippen molar-refractivity contribution in [1.29, 1.82) is 0 Å². The number of benzene rings is 1. The molecule has 0 saturated carbocycles. The number of hydrogen-bond acceptors (Lipinski definition) is 2. The highest BCUT2D eigenvalue weighted by Gasteiger charge is 2.04. The van der Waals surface area contributed by atoms with Crippen molar-refractivity contribution in [3.63, 3.8) is 0 Å². The van der Waals surface area contributed by atoms with E-state index in [0.29, 0.717) is 10.5 Å². The number of halogens is 1. The van der Waals surface area contributed by atoms with Crippen LogP contribution in [0.1, 0.15) is 0 Å². The minimum Gasteiger partial charge on any atom is -0.330 e. The fourth-order valence-corrected chi connectivity index (χ4v) is 2.52. The molecular formula is C12H11FN2S2. The molecule has 1 N–H and O–H groups in total. The summed E-state index contributed by atoms with van der Waals surface area (Å²) >= 11 is 6.89. The number of imidazole rings is 1. The van der Waals surface area contributed by atoms with Gasteiger partial charge in [-0.15, -0.1) is 18.2 Å². The molecule has 0 fully saturated rings. The molecule has 5 heteroatoms. The Hall–Kier alpha value is -1.25. The highest BCUT2D eigenvalue weighted by Crippen LogP contribution is 2.16. The van der Waals surface area contributed by atoms with Crippen molar-refractivity contribution < 1.29 is 4.39 Å². The van der Waals surface area contributed by atoms with Crippen molar-refractivity contribution in [2.24, 2.45) is 0 Å². The lowest BCUT2D eigenvalue weighted by atomic mass is 10.3. The molecule has 88 valence electrons. The van der Waals surface area contributed by atoms with Gasteiger partial charge in [0.15, 0.2) is 4.77 Å². The van der Waals surface area contributed by atoms with Crippen LogP contribution in [-0.4, -0.2) is 21.1 Å². The summed E-state index contributed by atoms with van der Waals surface area (Å²) in [5.74, 6) is 3.91. The Labute approximate surface area is 108 Å². The smallest absolute Gasteiger partial charge is 0.178 e. The maximum Gasteiger partial charge on any atom is 0.178 e. The average Bonchev–Trinajstić information content (AvgIpc) is 2.60. The Bertz CT molecular complexity index is 621. The quantitative estimate of drug-likeness (QED) is 0.521. The largest absolute Gasteiger partial charge is 0.330 e. The van der Waals surface area contributed by atoms with Gasteiger partial charge in [0.25, 0.3) is 0 Å².